The van der Waals surface area contributed by atoms with Crippen LogP contribution in [0.25, 0.3) is 0 Å². The maximum Gasteiger partial charge on any atom is 0.243 e. The monoisotopic (exact) mass is 556 g/mol. The Balaban J connectivity index is 1.88. The zero-order chi connectivity index (χ0) is 26.8. The summed E-state index contributed by atoms with van der Waals surface area (Å²) in [5, 5.41) is 4.08. The van der Waals surface area contributed by atoms with E-state index < -0.39 is 6.04 Å². The summed E-state index contributed by atoms with van der Waals surface area (Å²) in [5.74, 6) is 0.689. The second kappa shape index (κ2) is 14.5. The topological polar surface area (TPSA) is 49.4 Å². The lowest BCUT2D eigenvalue weighted by Crippen LogP contribution is -2.52. The lowest BCUT2D eigenvalue weighted by atomic mass is 10.0. The molecule has 0 aromatic heterocycles. The molecule has 1 N–H and O–H groups in total. The van der Waals surface area contributed by atoms with Gasteiger partial charge in [-0.25, -0.2) is 0 Å². The van der Waals surface area contributed by atoms with Crippen molar-refractivity contribution in [3.63, 3.8) is 0 Å². The second-order valence-corrected chi connectivity index (χ2v) is 11.1. The number of nitrogens with one attached hydrogen (secondary N) is 1. The minimum Gasteiger partial charge on any atom is -0.352 e. The standard InChI is InChI=1S/C30H34Cl2N2O2S/c1-4-22(3)33-30(36)28(16-23-8-6-5-7-9-23)34(18-25-14-15-26(31)17-27(25)32)29(35)20-37-19-24-12-10-21(2)11-13-24/h5-15,17,22,28H,4,16,18-20H2,1-3H3,(H,33,36)/t22-,28-/m1/s1. The molecule has 0 aliphatic heterocycles. The van der Waals surface area contributed by atoms with Gasteiger partial charge in [-0.05, 0) is 49.1 Å². The molecule has 7 heteroatoms. The first-order chi connectivity index (χ1) is 17.8. The summed E-state index contributed by atoms with van der Waals surface area (Å²) in [6.07, 6.45) is 1.20. The van der Waals surface area contributed by atoms with Crippen LogP contribution in [0.4, 0.5) is 0 Å². The molecule has 3 rings (SSSR count). The number of carbonyl (C=O) groups is 2. The van der Waals surface area contributed by atoms with Crippen LogP contribution in [0, 0.1) is 6.92 Å². The summed E-state index contributed by atoms with van der Waals surface area (Å²) in [6, 6.07) is 22.6. The van der Waals surface area contributed by atoms with Crippen LogP contribution in [-0.4, -0.2) is 34.6 Å². The Labute approximate surface area is 234 Å². The molecule has 0 saturated heterocycles. The van der Waals surface area contributed by atoms with Gasteiger partial charge in [0.05, 0.1) is 5.75 Å². The van der Waals surface area contributed by atoms with Crippen LogP contribution in [0.3, 0.4) is 0 Å². The molecule has 0 spiro atoms. The lowest BCUT2D eigenvalue weighted by molar-refractivity contribution is -0.139. The molecular weight excluding hydrogens is 523 g/mol. The van der Waals surface area contributed by atoms with Crippen LogP contribution in [0.2, 0.25) is 10.0 Å². The van der Waals surface area contributed by atoms with Gasteiger partial charge in [-0.3, -0.25) is 9.59 Å². The highest BCUT2D eigenvalue weighted by Gasteiger charge is 2.31. The van der Waals surface area contributed by atoms with Gasteiger partial charge in [-0.1, -0.05) is 96.4 Å². The van der Waals surface area contributed by atoms with Crippen molar-refractivity contribution in [2.45, 2.75) is 58.0 Å². The molecule has 196 valence electrons. The Hall–Kier alpha value is -2.47. The fourth-order valence-corrected chi connectivity index (χ4v) is 5.19. The van der Waals surface area contributed by atoms with Crippen molar-refractivity contribution in [3.8, 4) is 0 Å². The third kappa shape index (κ3) is 9.10. The average molecular weight is 558 g/mol. The number of rotatable bonds is 12. The molecule has 0 bridgehead atoms. The average Bonchev–Trinajstić information content (AvgIpc) is 2.88. The maximum absolute atomic E-state index is 13.7. The summed E-state index contributed by atoms with van der Waals surface area (Å²) >= 11 is 14.2. The minimum absolute atomic E-state index is 0.00208. The van der Waals surface area contributed by atoms with Crippen molar-refractivity contribution < 1.29 is 9.59 Å². The first-order valence-electron chi connectivity index (χ1n) is 12.5. The van der Waals surface area contributed by atoms with Crippen molar-refractivity contribution in [1.29, 1.82) is 0 Å². The molecule has 2 amide bonds. The van der Waals surface area contributed by atoms with Gasteiger partial charge < -0.3 is 10.2 Å². The van der Waals surface area contributed by atoms with E-state index in [1.54, 1.807) is 28.8 Å². The van der Waals surface area contributed by atoms with Gasteiger partial charge in [-0.15, -0.1) is 11.8 Å². The summed E-state index contributed by atoms with van der Waals surface area (Å²) in [6.45, 7) is 6.26. The molecule has 0 aliphatic carbocycles. The third-order valence-electron chi connectivity index (χ3n) is 6.24. The van der Waals surface area contributed by atoms with E-state index in [0.29, 0.717) is 22.2 Å². The number of aryl methyl sites for hydroxylation is 1. The van der Waals surface area contributed by atoms with Gasteiger partial charge in [0.1, 0.15) is 6.04 Å². The SMILES string of the molecule is CC[C@@H](C)NC(=O)[C@@H](Cc1ccccc1)N(Cc1ccc(Cl)cc1Cl)C(=O)CSCc1ccc(C)cc1. The molecule has 37 heavy (non-hydrogen) atoms. The number of thioether (sulfide) groups is 1. The van der Waals surface area contributed by atoms with Gasteiger partial charge >= 0.3 is 0 Å². The fourth-order valence-electron chi connectivity index (χ4n) is 3.85. The van der Waals surface area contributed by atoms with E-state index in [1.807, 2.05) is 50.2 Å². The van der Waals surface area contributed by atoms with Gasteiger partial charge in [0.15, 0.2) is 0 Å². The predicted molar refractivity (Wildman–Crippen MR) is 156 cm³/mol. The van der Waals surface area contributed by atoms with Gasteiger partial charge in [0.2, 0.25) is 11.8 Å². The first kappa shape index (κ1) is 29.1. The molecule has 0 heterocycles. The van der Waals surface area contributed by atoms with E-state index in [0.717, 1.165) is 23.1 Å². The van der Waals surface area contributed by atoms with Gasteiger partial charge in [0.25, 0.3) is 0 Å². The van der Waals surface area contributed by atoms with Crippen LogP contribution >= 0.6 is 35.0 Å². The Bertz CT molecular complexity index is 1170. The first-order valence-corrected chi connectivity index (χ1v) is 14.4. The molecule has 0 saturated carbocycles. The molecule has 2 atom stereocenters. The van der Waals surface area contributed by atoms with Gasteiger partial charge in [-0.2, -0.15) is 0 Å². The molecule has 0 fully saturated rings. The molecule has 3 aromatic carbocycles. The van der Waals surface area contributed by atoms with Crippen LogP contribution < -0.4 is 5.32 Å². The van der Waals surface area contributed by atoms with Crippen LogP contribution in [0.1, 0.15) is 42.5 Å². The summed E-state index contributed by atoms with van der Waals surface area (Å²) in [5.41, 5.74) is 4.09. The second-order valence-electron chi connectivity index (χ2n) is 9.26. The van der Waals surface area contributed by atoms with E-state index in [-0.39, 0.29) is 30.2 Å². The van der Waals surface area contributed by atoms with Crippen LogP contribution in [0.5, 0.6) is 0 Å². The Kier molecular flexibility index (Phi) is 11.4. The Morgan fingerprint density at radius 3 is 2.32 bits per heavy atom. The van der Waals surface area contributed by atoms with E-state index >= 15 is 0 Å². The van der Waals surface area contributed by atoms with E-state index in [4.69, 9.17) is 23.2 Å². The van der Waals surface area contributed by atoms with Crippen molar-refractivity contribution in [2.24, 2.45) is 0 Å². The quantitative estimate of drug-likeness (QED) is 0.259. The number of hydrogen-bond donors (Lipinski definition) is 1. The number of halogens is 2. The summed E-state index contributed by atoms with van der Waals surface area (Å²) < 4.78 is 0. The largest absolute Gasteiger partial charge is 0.352 e. The molecule has 0 unspecified atom stereocenters. The van der Waals surface area contributed by atoms with Crippen LogP contribution in [-0.2, 0) is 28.3 Å². The Morgan fingerprint density at radius 1 is 0.973 bits per heavy atom. The molecule has 4 nitrogen and oxygen atoms in total. The smallest absolute Gasteiger partial charge is 0.243 e. The number of benzene rings is 3. The number of nitrogens with zero attached hydrogens (tertiary/aromatic N) is 1. The predicted octanol–water partition coefficient (Wildman–Crippen LogP) is 7.09. The van der Waals surface area contributed by atoms with Crippen LogP contribution in [0.15, 0.2) is 72.8 Å². The highest BCUT2D eigenvalue weighted by molar-refractivity contribution is 7.99. The van der Waals surface area contributed by atoms with E-state index in [1.165, 1.54) is 5.56 Å². The van der Waals surface area contributed by atoms with E-state index in [2.05, 4.69) is 36.5 Å². The highest BCUT2D eigenvalue weighted by Crippen LogP contribution is 2.25. The highest BCUT2D eigenvalue weighted by atomic mass is 35.5. The number of hydrogen-bond acceptors (Lipinski definition) is 3. The Morgan fingerprint density at radius 2 is 1.68 bits per heavy atom. The zero-order valence-electron chi connectivity index (χ0n) is 21.5. The summed E-state index contributed by atoms with van der Waals surface area (Å²) in [7, 11) is 0. The van der Waals surface area contributed by atoms with Crippen molar-refractivity contribution in [3.05, 3.63) is 105 Å². The van der Waals surface area contributed by atoms with E-state index in [9.17, 15) is 9.59 Å². The molecule has 3 aromatic rings. The number of carbonyl (C=O) groups excluding carboxylic acids is 2. The minimum atomic E-state index is -0.685. The van der Waals surface area contributed by atoms with Crippen molar-refractivity contribution in [1.82, 2.24) is 10.2 Å². The molecule has 0 aliphatic rings. The third-order valence-corrected chi connectivity index (χ3v) is 7.82. The van der Waals surface area contributed by atoms with Crippen molar-refractivity contribution in [2.75, 3.05) is 5.75 Å². The fraction of sp³-hybridized carbons (Fsp3) is 0.333. The zero-order valence-corrected chi connectivity index (χ0v) is 23.9. The van der Waals surface area contributed by atoms with Crippen molar-refractivity contribution >= 4 is 46.8 Å². The normalized spacial score (nSPS) is 12.6. The van der Waals surface area contributed by atoms with Gasteiger partial charge in [0, 0.05) is 34.8 Å². The maximum atomic E-state index is 13.7. The molecule has 0 radical (unpaired) electrons. The number of amides is 2. The lowest BCUT2D eigenvalue weighted by Gasteiger charge is -2.32. The summed E-state index contributed by atoms with van der Waals surface area (Å²) in [4.78, 5) is 28.9. The molecular formula is C30H34Cl2N2O2S.